The van der Waals surface area contributed by atoms with E-state index < -0.39 is 17.1 Å². The number of non-ortho nitro benzene ring substituents is 1. The monoisotopic (exact) mass is 370 g/mol. The van der Waals surface area contributed by atoms with Crippen molar-refractivity contribution in [1.29, 1.82) is 0 Å². The fourth-order valence-electron chi connectivity index (χ4n) is 2.96. The summed E-state index contributed by atoms with van der Waals surface area (Å²) in [6.07, 6.45) is -1.37. The number of hydroxylamine groups is 1. The summed E-state index contributed by atoms with van der Waals surface area (Å²) < 4.78 is 5.79. The predicted molar refractivity (Wildman–Crippen MR) is 98.2 cm³/mol. The van der Waals surface area contributed by atoms with Crippen molar-refractivity contribution in [3.8, 4) is 0 Å². The molecule has 0 fully saturated rings. The summed E-state index contributed by atoms with van der Waals surface area (Å²) in [4.78, 5) is 27.2. The number of aliphatic hydroxyl groups is 1. The van der Waals surface area contributed by atoms with Crippen LogP contribution in [0.1, 0.15) is 25.0 Å². The van der Waals surface area contributed by atoms with E-state index in [2.05, 4.69) is 0 Å². The minimum atomic E-state index is -1.37. The Balaban J connectivity index is 2.24. The van der Waals surface area contributed by atoms with Crippen LogP contribution >= 0.6 is 0 Å². The van der Waals surface area contributed by atoms with E-state index in [0.717, 1.165) is 10.6 Å². The molecule has 0 saturated carbocycles. The fraction of sp³-hybridized carbons (Fsp3) is 0.211. The maximum Gasteiger partial charge on any atom is 0.329 e. The normalized spacial score (nSPS) is 17.3. The van der Waals surface area contributed by atoms with E-state index in [1.165, 1.54) is 25.1 Å². The fourth-order valence-corrected chi connectivity index (χ4v) is 2.96. The summed E-state index contributed by atoms with van der Waals surface area (Å²) in [5.41, 5.74) is 1.62. The quantitative estimate of drug-likeness (QED) is 0.490. The minimum Gasteiger partial charge on any atom is -0.493 e. The highest BCUT2D eigenvalue weighted by Gasteiger charge is 2.39. The Morgan fingerprint density at radius 3 is 2.56 bits per heavy atom. The molecule has 8 nitrogen and oxygen atoms in total. The molecule has 0 radical (unpaired) electrons. The standard InChI is InChI=1S/C19H18N2O6/c1-3-26-18(13-7-5-4-6-8-13)17-15-10-9-14(21(24)25)11-16(15)20(19(17)23)27-12(2)22/h4-11,19,23H,3H2,1-2H3/b18-17+. The number of benzene rings is 2. The summed E-state index contributed by atoms with van der Waals surface area (Å²) in [6.45, 7) is 3.34. The van der Waals surface area contributed by atoms with Gasteiger partial charge in [-0.05, 0) is 13.0 Å². The average Bonchev–Trinajstić information content (AvgIpc) is 2.91. The van der Waals surface area contributed by atoms with Gasteiger partial charge in [-0.1, -0.05) is 30.3 Å². The molecule has 0 spiro atoms. The van der Waals surface area contributed by atoms with Crippen LogP contribution in [0.5, 0.6) is 0 Å². The number of rotatable bonds is 5. The van der Waals surface area contributed by atoms with Crippen molar-refractivity contribution >= 4 is 28.7 Å². The van der Waals surface area contributed by atoms with Gasteiger partial charge in [0, 0.05) is 30.2 Å². The molecule has 2 aromatic carbocycles. The van der Waals surface area contributed by atoms with Gasteiger partial charge in [-0.2, -0.15) is 5.06 Å². The summed E-state index contributed by atoms with van der Waals surface area (Å²) in [6, 6.07) is 13.3. The van der Waals surface area contributed by atoms with Crippen molar-refractivity contribution in [2.24, 2.45) is 0 Å². The number of anilines is 1. The third-order valence-electron chi connectivity index (χ3n) is 4.00. The number of nitrogens with zero attached hydrogens (tertiary/aromatic N) is 2. The highest BCUT2D eigenvalue weighted by molar-refractivity contribution is 5.98. The van der Waals surface area contributed by atoms with Crippen LogP contribution in [0.15, 0.2) is 48.5 Å². The predicted octanol–water partition coefficient (Wildman–Crippen LogP) is 3.12. The Morgan fingerprint density at radius 2 is 1.96 bits per heavy atom. The van der Waals surface area contributed by atoms with Crippen molar-refractivity contribution < 1.29 is 24.4 Å². The highest BCUT2D eigenvalue weighted by atomic mass is 16.7. The van der Waals surface area contributed by atoms with Gasteiger partial charge < -0.3 is 14.7 Å². The molecule has 0 aromatic heterocycles. The van der Waals surface area contributed by atoms with E-state index in [0.29, 0.717) is 23.5 Å². The van der Waals surface area contributed by atoms with E-state index >= 15 is 0 Å². The van der Waals surface area contributed by atoms with E-state index in [4.69, 9.17) is 9.57 Å². The molecule has 1 unspecified atom stereocenters. The first kappa shape index (κ1) is 18.4. The van der Waals surface area contributed by atoms with E-state index in [1.807, 2.05) is 37.3 Å². The molecule has 2 aromatic rings. The molecule has 8 heteroatoms. The Hall–Kier alpha value is -3.39. The van der Waals surface area contributed by atoms with Gasteiger partial charge in [0.05, 0.1) is 22.8 Å². The summed E-state index contributed by atoms with van der Waals surface area (Å²) in [5, 5.41) is 22.9. The lowest BCUT2D eigenvalue weighted by molar-refractivity contribution is -0.384. The van der Waals surface area contributed by atoms with Crippen LogP contribution < -0.4 is 5.06 Å². The number of hydrogen-bond acceptors (Lipinski definition) is 7. The van der Waals surface area contributed by atoms with Crippen molar-refractivity contribution in [3.63, 3.8) is 0 Å². The molecule has 0 amide bonds. The van der Waals surface area contributed by atoms with Gasteiger partial charge in [-0.3, -0.25) is 14.9 Å². The average molecular weight is 370 g/mol. The van der Waals surface area contributed by atoms with Crippen molar-refractivity contribution in [3.05, 3.63) is 69.8 Å². The third-order valence-corrected chi connectivity index (χ3v) is 4.00. The topological polar surface area (TPSA) is 102 Å². The highest BCUT2D eigenvalue weighted by Crippen LogP contribution is 2.45. The van der Waals surface area contributed by atoms with Gasteiger partial charge in [0.2, 0.25) is 0 Å². The zero-order valence-electron chi connectivity index (χ0n) is 14.8. The molecule has 3 rings (SSSR count). The second-order valence-corrected chi connectivity index (χ2v) is 5.78. The van der Waals surface area contributed by atoms with Crippen LogP contribution in [0.3, 0.4) is 0 Å². The Bertz CT molecular complexity index is 910. The van der Waals surface area contributed by atoms with Crippen molar-refractivity contribution in [1.82, 2.24) is 0 Å². The molecule has 1 aliphatic rings. The van der Waals surface area contributed by atoms with E-state index in [1.54, 1.807) is 0 Å². The zero-order chi connectivity index (χ0) is 19.6. The summed E-state index contributed by atoms with van der Waals surface area (Å²) in [5.74, 6) is -0.249. The molecule has 0 bridgehead atoms. The number of hydrogen-bond donors (Lipinski definition) is 1. The molecule has 140 valence electrons. The molecule has 27 heavy (non-hydrogen) atoms. The number of ether oxygens (including phenoxy) is 1. The molecular formula is C19H18N2O6. The Kier molecular flexibility index (Phi) is 5.09. The molecule has 1 heterocycles. The van der Waals surface area contributed by atoms with Crippen molar-refractivity contribution in [2.45, 2.75) is 20.1 Å². The first-order valence-corrected chi connectivity index (χ1v) is 8.31. The number of nitro groups is 1. The maximum atomic E-state index is 11.5. The number of fused-ring (bicyclic) bond motifs is 1. The lowest BCUT2D eigenvalue weighted by Gasteiger charge is -2.22. The molecule has 1 aliphatic heterocycles. The van der Waals surface area contributed by atoms with Crippen LogP contribution in [-0.4, -0.2) is 28.8 Å². The second-order valence-electron chi connectivity index (χ2n) is 5.78. The van der Waals surface area contributed by atoms with Gasteiger partial charge in [-0.15, -0.1) is 0 Å². The SMILES string of the molecule is CCO/C(=C1\c2ccc([N+](=O)[O-])cc2N(OC(C)=O)C1O)c1ccccc1. The van der Waals surface area contributed by atoms with Crippen LogP contribution in [0.25, 0.3) is 11.3 Å². The van der Waals surface area contributed by atoms with Crippen molar-refractivity contribution in [2.75, 3.05) is 11.7 Å². The lowest BCUT2D eigenvalue weighted by Crippen LogP contribution is -2.33. The molecule has 1 atom stereocenters. The van der Waals surface area contributed by atoms with E-state index in [-0.39, 0.29) is 11.4 Å². The molecule has 0 aliphatic carbocycles. The van der Waals surface area contributed by atoms with E-state index in [9.17, 15) is 20.0 Å². The first-order chi connectivity index (χ1) is 12.9. The van der Waals surface area contributed by atoms with Gasteiger partial charge in [0.1, 0.15) is 5.76 Å². The number of carbonyl (C=O) groups excluding carboxylic acids is 1. The van der Waals surface area contributed by atoms with Gasteiger partial charge in [-0.25, -0.2) is 0 Å². The minimum absolute atomic E-state index is 0.183. The second kappa shape index (κ2) is 7.46. The largest absolute Gasteiger partial charge is 0.493 e. The number of nitro benzene ring substituents is 1. The maximum absolute atomic E-state index is 11.5. The number of aliphatic hydroxyl groups excluding tert-OH is 1. The van der Waals surface area contributed by atoms with Gasteiger partial charge >= 0.3 is 5.97 Å². The number of carbonyl (C=O) groups is 1. The Labute approximate surface area is 155 Å². The summed E-state index contributed by atoms with van der Waals surface area (Å²) in [7, 11) is 0. The summed E-state index contributed by atoms with van der Waals surface area (Å²) >= 11 is 0. The van der Waals surface area contributed by atoms with Crippen LogP contribution in [0.2, 0.25) is 0 Å². The molecule has 0 saturated heterocycles. The zero-order valence-corrected chi connectivity index (χ0v) is 14.8. The van der Waals surface area contributed by atoms with Crippen LogP contribution in [-0.2, 0) is 14.4 Å². The first-order valence-electron chi connectivity index (χ1n) is 8.31. The lowest BCUT2D eigenvalue weighted by atomic mass is 10.0. The molecule has 1 N–H and O–H groups in total. The Morgan fingerprint density at radius 1 is 1.26 bits per heavy atom. The smallest absolute Gasteiger partial charge is 0.329 e. The third kappa shape index (κ3) is 3.47. The van der Waals surface area contributed by atoms with Crippen LogP contribution in [0, 0.1) is 10.1 Å². The van der Waals surface area contributed by atoms with Gasteiger partial charge in [0.15, 0.2) is 6.23 Å². The van der Waals surface area contributed by atoms with Gasteiger partial charge in [0.25, 0.3) is 5.69 Å². The molecular weight excluding hydrogens is 352 g/mol. The van der Waals surface area contributed by atoms with Crippen LogP contribution in [0.4, 0.5) is 11.4 Å².